The SMILES string of the molecule is CS(=O)(=O)N1CCN(c2nccn3nccc23)CC1. The van der Waals surface area contributed by atoms with Gasteiger partial charge in [0.15, 0.2) is 5.82 Å². The van der Waals surface area contributed by atoms with Crippen LogP contribution in [0, 0.1) is 0 Å². The summed E-state index contributed by atoms with van der Waals surface area (Å²) in [5.74, 6) is 0.855. The van der Waals surface area contributed by atoms with Gasteiger partial charge in [0.05, 0.1) is 12.5 Å². The van der Waals surface area contributed by atoms with E-state index >= 15 is 0 Å². The van der Waals surface area contributed by atoms with E-state index in [-0.39, 0.29) is 0 Å². The third-order valence-corrected chi connectivity index (χ3v) is 4.61. The van der Waals surface area contributed by atoms with Gasteiger partial charge in [-0.15, -0.1) is 0 Å². The Morgan fingerprint density at radius 3 is 2.58 bits per heavy atom. The molecule has 8 heteroatoms. The number of nitrogens with zero attached hydrogens (tertiary/aromatic N) is 5. The molecule has 1 aliphatic rings. The molecule has 0 unspecified atom stereocenters. The van der Waals surface area contributed by atoms with Gasteiger partial charge < -0.3 is 4.90 Å². The highest BCUT2D eigenvalue weighted by atomic mass is 32.2. The minimum Gasteiger partial charge on any atom is -0.352 e. The molecule has 0 spiro atoms. The van der Waals surface area contributed by atoms with Crippen LogP contribution in [0.1, 0.15) is 0 Å². The van der Waals surface area contributed by atoms with Crippen LogP contribution in [-0.4, -0.2) is 59.8 Å². The van der Waals surface area contributed by atoms with E-state index in [4.69, 9.17) is 0 Å². The number of sulfonamides is 1. The molecule has 0 aliphatic carbocycles. The Balaban J connectivity index is 1.84. The average Bonchev–Trinajstić information content (AvgIpc) is 2.86. The molecule has 0 saturated carbocycles. The van der Waals surface area contributed by atoms with Gasteiger partial charge in [-0.05, 0) is 6.07 Å². The van der Waals surface area contributed by atoms with Crippen LogP contribution in [0.2, 0.25) is 0 Å². The van der Waals surface area contributed by atoms with Gasteiger partial charge in [0, 0.05) is 38.6 Å². The second kappa shape index (κ2) is 4.46. The van der Waals surface area contributed by atoms with Crippen molar-refractivity contribution in [3.63, 3.8) is 0 Å². The zero-order valence-electron chi connectivity index (χ0n) is 10.6. The first-order valence-electron chi connectivity index (χ1n) is 6.04. The van der Waals surface area contributed by atoms with Crippen molar-refractivity contribution in [1.29, 1.82) is 0 Å². The van der Waals surface area contributed by atoms with Crippen LogP contribution in [-0.2, 0) is 10.0 Å². The molecule has 7 nitrogen and oxygen atoms in total. The molecule has 102 valence electrons. The number of hydrogen-bond acceptors (Lipinski definition) is 5. The summed E-state index contributed by atoms with van der Waals surface area (Å²) in [5, 5.41) is 4.17. The van der Waals surface area contributed by atoms with Crippen molar-refractivity contribution in [2.75, 3.05) is 37.3 Å². The molecule has 3 heterocycles. The Labute approximate surface area is 111 Å². The van der Waals surface area contributed by atoms with Gasteiger partial charge in [-0.2, -0.15) is 9.40 Å². The highest BCUT2D eigenvalue weighted by molar-refractivity contribution is 7.88. The highest BCUT2D eigenvalue weighted by Crippen LogP contribution is 2.20. The first-order valence-corrected chi connectivity index (χ1v) is 7.89. The number of aromatic nitrogens is 3. The van der Waals surface area contributed by atoms with Crippen LogP contribution in [0.4, 0.5) is 5.82 Å². The summed E-state index contributed by atoms with van der Waals surface area (Å²) in [5.41, 5.74) is 0.940. The first kappa shape index (κ1) is 12.4. The molecular weight excluding hydrogens is 266 g/mol. The van der Waals surface area contributed by atoms with Crippen molar-refractivity contribution in [3.05, 3.63) is 24.7 Å². The summed E-state index contributed by atoms with van der Waals surface area (Å²) in [7, 11) is -3.09. The van der Waals surface area contributed by atoms with Crippen molar-refractivity contribution < 1.29 is 8.42 Å². The van der Waals surface area contributed by atoms with Crippen molar-refractivity contribution in [2.24, 2.45) is 0 Å². The third kappa shape index (κ3) is 2.28. The molecule has 0 bridgehead atoms. The van der Waals surface area contributed by atoms with E-state index in [2.05, 4.69) is 15.0 Å². The Bertz CT molecular complexity index is 688. The predicted octanol–water partition coefficient (Wildman–Crippen LogP) is -0.189. The summed E-state index contributed by atoms with van der Waals surface area (Å²) < 4.78 is 26.2. The van der Waals surface area contributed by atoms with Gasteiger partial charge in [-0.25, -0.2) is 17.9 Å². The van der Waals surface area contributed by atoms with Gasteiger partial charge in [0.25, 0.3) is 0 Å². The van der Waals surface area contributed by atoms with Gasteiger partial charge in [0.2, 0.25) is 10.0 Å². The van der Waals surface area contributed by atoms with Crippen LogP contribution in [0.15, 0.2) is 24.7 Å². The average molecular weight is 281 g/mol. The molecular formula is C11H15N5O2S. The molecule has 3 rings (SSSR count). The molecule has 1 fully saturated rings. The monoisotopic (exact) mass is 281 g/mol. The topological polar surface area (TPSA) is 70.8 Å². The molecule has 1 saturated heterocycles. The zero-order valence-corrected chi connectivity index (χ0v) is 11.4. The Morgan fingerprint density at radius 1 is 1.16 bits per heavy atom. The lowest BCUT2D eigenvalue weighted by atomic mass is 10.3. The summed E-state index contributed by atoms with van der Waals surface area (Å²) in [6.45, 7) is 2.28. The lowest BCUT2D eigenvalue weighted by Crippen LogP contribution is -2.48. The Morgan fingerprint density at radius 2 is 1.89 bits per heavy atom. The number of anilines is 1. The third-order valence-electron chi connectivity index (χ3n) is 3.31. The largest absolute Gasteiger partial charge is 0.352 e. The fourth-order valence-electron chi connectivity index (χ4n) is 2.32. The minimum atomic E-state index is -3.09. The minimum absolute atomic E-state index is 0.496. The number of hydrogen-bond donors (Lipinski definition) is 0. The van der Waals surface area contributed by atoms with E-state index < -0.39 is 10.0 Å². The molecule has 2 aromatic rings. The highest BCUT2D eigenvalue weighted by Gasteiger charge is 2.24. The Kier molecular flexibility index (Phi) is 2.90. The van der Waals surface area contributed by atoms with E-state index in [0.29, 0.717) is 26.2 Å². The maximum Gasteiger partial charge on any atom is 0.211 e. The number of fused-ring (bicyclic) bond motifs is 1. The van der Waals surface area contributed by atoms with E-state index in [1.54, 1.807) is 23.1 Å². The molecule has 0 radical (unpaired) electrons. The van der Waals surface area contributed by atoms with E-state index in [1.807, 2.05) is 6.07 Å². The van der Waals surface area contributed by atoms with Gasteiger partial charge in [0.1, 0.15) is 5.52 Å². The van der Waals surface area contributed by atoms with Gasteiger partial charge >= 0.3 is 0 Å². The maximum absolute atomic E-state index is 11.5. The van der Waals surface area contributed by atoms with Crippen LogP contribution in [0.3, 0.4) is 0 Å². The number of piperazine rings is 1. The van der Waals surface area contributed by atoms with Gasteiger partial charge in [-0.3, -0.25) is 0 Å². The predicted molar refractivity (Wildman–Crippen MR) is 71.6 cm³/mol. The number of rotatable bonds is 2. The maximum atomic E-state index is 11.5. The second-order valence-electron chi connectivity index (χ2n) is 4.56. The van der Waals surface area contributed by atoms with E-state index in [9.17, 15) is 8.42 Å². The van der Waals surface area contributed by atoms with E-state index in [1.165, 1.54) is 10.6 Å². The first-order chi connectivity index (χ1) is 9.05. The van der Waals surface area contributed by atoms with Crippen LogP contribution in [0.25, 0.3) is 5.52 Å². The van der Waals surface area contributed by atoms with Crippen molar-refractivity contribution >= 4 is 21.4 Å². The molecule has 0 amide bonds. The van der Waals surface area contributed by atoms with Crippen molar-refractivity contribution in [1.82, 2.24) is 18.9 Å². The quantitative estimate of drug-likeness (QED) is 0.763. The Hall–Kier alpha value is -1.67. The summed E-state index contributed by atoms with van der Waals surface area (Å²) in [6, 6.07) is 1.91. The summed E-state index contributed by atoms with van der Waals surface area (Å²) >= 11 is 0. The van der Waals surface area contributed by atoms with Crippen molar-refractivity contribution in [2.45, 2.75) is 0 Å². The van der Waals surface area contributed by atoms with Crippen molar-refractivity contribution in [3.8, 4) is 0 Å². The lowest BCUT2D eigenvalue weighted by Gasteiger charge is -2.34. The van der Waals surface area contributed by atoms with Crippen LogP contribution < -0.4 is 4.90 Å². The molecule has 0 N–H and O–H groups in total. The van der Waals surface area contributed by atoms with Crippen LogP contribution in [0.5, 0.6) is 0 Å². The molecule has 0 atom stereocenters. The zero-order chi connectivity index (χ0) is 13.5. The smallest absolute Gasteiger partial charge is 0.211 e. The fraction of sp³-hybridized carbons (Fsp3) is 0.455. The normalized spacial score (nSPS) is 18.1. The summed E-state index contributed by atoms with van der Waals surface area (Å²) in [4.78, 5) is 6.48. The second-order valence-corrected chi connectivity index (χ2v) is 6.54. The standard InChI is InChI=1S/C11H15N5O2S/c1-19(17,18)15-8-6-14(7-9-15)11-10-2-3-13-16(10)5-4-12-11/h2-5H,6-9H2,1H3. The summed E-state index contributed by atoms with van der Waals surface area (Å²) in [6.07, 6.45) is 6.48. The van der Waals surface area contributed by atoms with Crippen LogP contribution >= 0.6 is 0 Å². The molecule has 2 aromatic heterocycles. The molecule has 19 heavy (non-hydrogen) atoms. The molecule has 1 aliphatic heterocycles. The fourth-order valence-corrected chi connectivity index (χ4v) is 3.15. The lowest BCUT2D eigenvalue weighted by molar-refractivity contribution is 0.387. The van der Waals surface area contributed by atoms with E-state index in [0.717, 1.165) is 11.3 Å². The molecule has 0 aromatic carbocycles. The van der Waals surface area contributed by atoms with Gasteiger partial charge in [-0.1, -0.05) is 0 Å².